The molecule has 1 unspecified atom stereocenters. The summed E-state index contributed by atoms with van der Waals surface area (Å²) >= 11 is 0. The Balaban J connectivity index is 1.72. The maximum atomic E-state index is 10.8. The van der Waals surface area contributed by atoms with Crippen LogP contribution in [0.1, 0.15) is 42.6 Å². The lowest BCUT2D eigenvalue weighted by molar-refractivity contribution is 0.0697. The highest BCUT2D eigenvalue weighted by atomic mass is 16.4. The van der Waals surface area contributed by atoms with E-state index in [0.29, 0.717) is 11.6 Å². The third kappa shape index (κ3) is 4.83. The predicted molar refractivity (Wildman–Crippen MR) is 84.5 cm³/mol. The molecule has 0 spiro atoms. The van der Waals surface area contributed by atoms with E-state index in [2.05, 4.69) is 24.1 Å². The van der Waals surface area contributed by atoms with Gasteiger partial charge in [0.2, 0.25) is 0 Å². The normalized spacial score (nSPS) is 18.6. The maximum absolute atomic E-state index is 10.8. The van der Waals surface area contributed by atoms with Crippen molar-refractivity contribution in [3.05, 3.63) is 35.4 Å². The largest absolute Gasteiger partial charge is 0.478 e. The molecule has 1 aromatic carbocycles. The van der Waals surface area contributed by atoms with Gasteiger partial charge in [-0.1, -0.05) is 19.1 Å². The molecule has 4 nitrogen and oxygen atoms in total. The number of nitrogens with zero attached hydrogens (tertiary/aromatic N) is 1. The van der Waals surface area contributed by atoms with Crippen LogP contribution in [0.2, 0.25) is 0 Å². The second-order valence-electron chi connectivity index (χ2n) is 6.20. The molecule has 116 valence electrons. The molecular formula is C17H26N2O2. The number of hydrogen-bond acceptors (Lipinski definition) is 3. The Bertz CT molecular complexity index is 450. The summed E-state index contributed by atoms with van der Waals surface area (Å²) in [4.78, 5) is 13.3. The molecule has 0 bridgehead atoms. The average Bonchev–Trinajstić information content (AvgIpc) is 2.48. The topological polar surface area (TPSA) is 52.6 Å². The van der Waals surface area contributed by atoms with Crippen molar-refractivity contribution < 1.29 is 9.90 Å². The lowest BCUT2D eigenvalue weighted by Gasteiger charge is -2.35. The second kappa shape index (κ2) is 7.57. The van der Waals surface area contributed by atoms with Crippen LogP contribution < -0.4 is 5.32 Å². The minimum absolute atomic E-state index is 0.342. The van der Waals surface area contributed by atoms with Gasteiger partial charge in [-0.15, -0.1) is 0 Å². The molecule has 21 heavy (non-hydrogen) atoms. The second-order valence-corrected chi connectivity index (χ2v) is 6.20. The van der Waals surface area contributed by atoms with Gasteiger partial charge in [-0.25, -0.2) is 4.79 Å². The summed E-state index contributed by atoms with van der Waals surface area (Å²) in [6.07, 6.45) is 2.61. The Morgan fingerprint density at radius 2 is 1.95 bits per heavy atom. The van der Waals surface area contributed by atoms with Crippen molar-refractivity contribution in [3.63, 3.8) is 0 Å². The molecule has 0 saturated carbocycles. The molecule has 2 rings (SSSR count). The first-order valence-electron chi connectivity index (χ1n) is 7.83. The van der Waals surface area contributed by atoms with E-state index in [1.54, 1.807) is 12.1 Å². The third-order valence-corrected chi connectivity index (χ3v) is 4.41. The molecule has 0 amide bonds. The van der Waals surface area contributed by atoms with E-state index in [4.69, 9.17) is 5.11 Å². The highest BCUT2D eigenvalue weighted by Crippen LogP contribution is 2.17. The Kier molecular flexibility index (Phi) is 5.76. The number of carbonyl (C=O) groups is 1. The SMILES string of the molecule is CC1CCN(C(C)CNCc2ccc(C(=O)O)cc2)CC1. The highest BCUT2D eigenvalue weighted by Gasteiger charge is 2.19. The first kappa shape index (κ1) is 16.0. The zero-order valence-electron chi connectivity index (χ0n) is 13.0. The first-order chi connectivity index (χ1) is 10.1. The molecule has 1 aromatic rings. The van der Waals surface area contributed by atoms with Crippen LogP contribution in [-0.2, 0) is 6.54 Å². The number of carboxylic acids is 1. The summed E-state index contributed by atoms with van der Waals surface area (Å²) < 4.78 is 0. The van der Waals surface area contributed by atoms with Gasteiger partial charge in [0.05, 0.1) is 5.56 Å². The Morgan fingerprint density at radius 3 is 2.52 bits per heavy atom. The maximum Gasteiger partial charge on any atom is 0.335 e. The van der Waals surface area contributed by atoms with Gasteiger partial charge in [-0.3, -0.25) is 4.90 Å². The lowest BCUT2D eigenvalue weighted by Crippen LogP contribution is -2.44. The van der Waals surface area contributed by atoms with Crippen LogP contribution in [0.15, 0.2) is 24.3 Å². The fourth-order valence-corrected chi connectivity index (χ4v) is 2.79. The third-order valence-electron chi connectivity index (χ3n) is 4.41. The molecular weight excluding hydrogens is 264 g/mol. The number of rotatable bonds is 6. The van der Waals surface area contributed by atoms with E-state index in [9.17, 15) is 4.79 Å². The lowest BCUT2D eigenvalue weighted by atomic mass is 9.98. The van der Waals surface area contributed by atoms with E-state index < -0.39 is 5.97 Å². The summed E-state index contributed by atoms with van der Waals surface area (Å²) in [5.74, 6) is -0.00313. The fraction of sp³-hybridized carbons (Fsp3) is 0.588. The summed E-state index contributed by atoms with van der Waals surface area (Å²) in [5.41, 5.74) is 1.47. The van der Waals surface area contributed by atoms with Gasteiger partial charge >= 0.3 is 5.97 Å². The van der Waals surface area contributed by atoms with Crippen molar-refractivity contribution in [2.24, 2.45) is 5.92 Å². The zero-order valence-corrected chi connectivity index (χ0v) is 13.0. The van der Waals surface area contributed by atoms with Crippen molar-refractivity contribution >= 4 is 5.97 Å². The predicted octanol–water partition coefficient (Wildman–Crippen LogP) is 2.59. The quantitative estimate of drug-likeness (QED) is 0.845. The molecule has 1 aliphatic rings. The van der Waals surface area contributed by atoms with Crippen LogP contribution in [-0.4, -0.2) is 41.7 Å². The van der Waals surface area contributed by atoms with Gasteiger partial charge in [-0.2, -0.15) is 0 Å². The smallest absolute Gasteiger partial charge is 0.335 e. The van der Waals surface area contributed by atoms with Crippen molar-refractivity contribution in [2.45, 2.75) is 39.3 Å². The molecule has 1 saturated heterocycles. The van der Waals surface area contributed by atoms with Gasteiger partial charge in [0.1, 0.15) is 0 Å². The van der Waals surface area contributed by atoms with Crippen LogP contribution in [0.3, 0.4) is 0 Å². The van der Waals surface area contributed by atoms with Crippen molar-refractivity contribution in [1.82, 2.24) is 10.2 Å². The van der Waals surface area contributed by atoms with Gasteiger partial charge < -0.3 is 10.4 Å². The van der Waals surface area contributed by atoms with Crippen LogP contribution in [0.25, 0.3) is 0 Å². The van der Waals surface area contributed by atoms with E-state index in [1.165, 1.54) is 25.9 Å². The highest BCUT2D eigenvalue weighted by molar-refractivity contribution is 5.87. The van der Waals surface area contributed by atoms with Gasteiger partial charge in [-0.05, 0) is 56.5 Å². The van der Waals surface area contributed by atoms with Crippen molar-refractivity contribution in [2.75, 3.05) is 19.6 Å². The molecule has 1 aliphatic heterocycles. The first-order valence-corrected chi connectivity index (χ1v) is 7.83. The molecule has 4 heteroatoms. The Hall–Kier alpha value is -1.39. The fourth-order valence-electron chi connectivity index (χ4n) is 2.79. The molecule has 0 radical (unpaired) electrons. The Morgan fingerprint density at radius 1 is 1.33 bits per heavy atom. The molecule has 1 heterocycles. The Labute approximate surface area is 127 Å². The average molecular weight is 290 g/mol. The number of carboxylic acid groups (broad SMARTS) is 1. The van der Waals surface area contributed by atoms with E-state index in [-0.39, 0.29) is 0 Å². The van der Waals surface area contributed by atoms with E-state index in [0.717, 1.165) is 24.6 Å². The number of benzene rings is 1. The van der Waals surface area contributed by atoms with E-state index in [1.807, 2.05) is 12.1 Å². The van der Waals surface area contributed by atoms with Crippen LogP contribution in [0.5, 0.6) is 0 Å². The van der Waals surface area contributed by atoms with Crippen LogP contribution >= 0.6 is 0 Å². The minimum Gasteiger partial charge on any atom is -0.478 e. The monoisotopic (exact) mass is 290 g/mol. The number of hydrogen-bond donors (Lipinski definition) is 2. The van der Waals surface area contributed by atoms with Crippen LogP contribution in [0, 0.1) is 5.92 Å². The van der Waals surface area contributed by atoms with Gasteiger partial charge in [0, 0.05) is 19.1 Å². The standard InChI is InChI=1S/C17H26N2O2/c1-13-7-9-19(10-8-13)14(2)11-18-12-15-3-5-16(6-4-15)17(20)21/h3-6,13-14,18H,7-12H2,1-2H3,(H,20,21). The van der Waals surface area contributed by atoms with Gasteiger partial charge in [0.15, 0.2) is 0 Å². The van der Waals surface area contributed by atoms with Gasteiger partial charge in [0.25, 0.3) is 0 Å². The number of piperidine rings is 1. The summed E-state index contributed by atoms with van der Waals surface area (Å²) in [6, 6.07) is 7.63. The molecule has 0 aliphatic carbocycles. The van der Waals surface area contributed by atoms with E-state index >= 15 is 0 Å². The number of likely N-dealkylation sites (tertiary alicyclic amines) is 1. The molecule has 2 N–H and O–H groups in total. The molecule has 0 aromatic heterocycles. The van der Waals surface area contributed by atoms with Crippen molar-refractivity contribution in [3.8, 4) is 0 Å². The summed E-state index contributed by atoms with van der Waals surface area (Å²) in [5, 5.41) is 12.3. The zero-order chi connectivity index (χ0) is 15.2. The summed E-state index contributed by atoms with van der Waals surface area (Å²) in [6.45, 7) is 8.77. The van der Waals surface area contributed by atoms with Crippen molar-refractivity contribution in [1.29, 1.82) is 0 Å². The number of aromatic carboxylic acids is 1. The minimum atomic E-state index is -0.873. The number of nitrogens with one attached hydrogen (secondary N) is 1. The molecule has 1 atom stereocenters. The summed E-state index contributed by atoms with van der Waals surface area (Å²) in [7, 11) is 0. The molecule has 1 fully saturated rings. The van der Waals surface area contributed by atoms with Crippen LogP contribution in [0.4, 0.5) is 0 Å².